The second-order valence-corrected chi connectivity index (χ2v) is 4.79. The fraction of sp³-hybridized carbons (Fsp3) is 0.571. The summed E-state index contributed by atoms with van der Waals surface area (Å²) >= 11 is 0. The van der Waals surface area contributed by atoms with Crippen LogP contribution < -0.4 is 15.4 Å². The Bertz CT molecular complexity index is 378. The van der Waals surface area contributed by atoms with E-state index in [0.29, 0.717) is 0 Å². The number of piperidine rings is 1. The molecule has 2 rings (SSSR count). The Labute approximate surface area is 104 Å². The lowest BCUT2D eigenvalue weighted by molar-refractivity contribution is 0.404. The van der Waals surface area contributed by atoms with Gasteiger partial charge in [-0.3, -0.25) is 0 Å². The second kappa shape index (κ2) is 5.30. The third-order valence-corrected chi connectivity index (χ3v) is 3.67. The van der Waals surface area contributed by atoms with E-state index in [-0.39, 0.29) is 0 Å². The SMILES string of the molecule is CCC1CCCN(c2ccc(OC)cc2N)C1. The number of rotatable bonds is 3. The van der Waals surface area contributed by atoms with Crippen molar-refractivity contribution in [2.24, 2.45) is 5.92 Å². The average Bonchev–Trinajstić information content (AvgIpc) is 2.38. The summed E-state index contributed by atoms with van der Waals surface area (Å²) in [6.45, 7) is 4.52. The molecule has 0 radical (unpaired) electrons. The van der Waals surface area contributed by atoms with E-state index in [2.05, 4.69) is 17.9 Å². The number of hydrogen-bond donors (Lipinski definition) is 1. The van der Waals surface area contributed by atoms with Crippen molar-refractivity contribution in [1.29, 1.82) is 0 Å². The molecule has 3 nitrogen and oxygen atoms in total. The number of nitrogen functional groups attached to an aromatic ring is 1. The van der Waals surface area contributed by atoms with Crippen molar-refractivity contribution < 1.29 is 4.74 Å². The van der Waals surface area contributed by atoms with Gasteiger partial charge >= 0.3 is 0 Å². The summed E-state index contributed by atoms with van der Waals surface area (Å²) in [5, 5.41) is 0. The Morgan fingerprint density at radius 1 is 1.47 bits per heavy atom. The van der Waals surface area contributed by atoms with E-state index in [0.717, 1.165) is 36.1 Å². The minimum Gasteiger partial charge on any atom is -0.497 e. The molecule has 1 aromatic rings. The van der Waals surface area contributed by atoms with Crippen LogP contribution in [-0.2, 0) is 0 Å². The second-order valence-electron chi connectivity index (χ2n) is 4.79. The lowest BCUT2D eigenvalue weighted by atomic mass is 9.95. The van der Waals surface area contributed by atoms with Gasteiger partial charge in [-0.1, -0.05) is 13.3 Å². The maximum Gasteiger partial charge on any atom is 0.121 e. The van der Waals surface area contributed by atoms with Gasteiger partial charge in [-0.15, -0.1) is 0 Å². The summed E-state index contributed by atoms with van der Waals surface area (Å²) in [6, 6.07) is 5.97. The van der Waals surface area contributed by atoms with Crippen LogP contribution in [0.25, 0.3) is 0 Å². The molecule has 0 saturated carbocycles. The molecule has 3 heteroatoms. The van der Waals surface area contributed by atoms with Crippen LogP contribution in [0.2, 0.25) is 0 Å². The largest absolute Gasteiger partial charge is 0.497 e. The summed E-state index contributed by atoms with van der Waals surface area (Å²) in [7, 11) is 1.67. The first kappa shape index (κ1) is 12.1. The van der Waals surface area contributed by atoms with Crippen molar-refractivity contribution in [2.45, 2.75) is 26.2 Å². The Kier molecular flexibility index (Phi) is 3.77. The van der Waals surface area contributed by atoms with Gasteiger partial charge in [0, 0.05) is 19.2 Å². The molecule has 1 saturated heterocycles. The van der Waals surface area contributed by atoms with Gasteiger partial charge in [-0.05, 0) is 30.9 Å². The van der Waals surface area contributed by atoms with Crippen molar-refractivity contribution in [3.8, 4) is 5.75 Å². The minimum atomic E-state index is 0.810. The smallest absolute Gasteiger partial charge is 0.121 e. The molecule has 0 spiro atoms. The molecule has 1 heterocycles. The van der Waals surface area contributed by atoms with Crippen LogP contribution in [0, 0.1) is 5.92 Å². The van der Waals surface area contributed by atoms with Crippen LogP contribution in [-0.4, -0.2) is 20.2 Å². The van der Waals surface area contributed by atoms with Crippen molar-refractivity contribution in [3.05, 3.63) is 18.2 Å². The van der Waals surface area contributed by atoms with Crippen molar-refractivity contribution in [2.75, 3.05) is 30.8 Å². The summed E-state index contributed by atoms with van der Waals surface area (Å²) in [5.41, 5.74) is 8.07. The molecule has 0 aliphatic carbocycles. The number of nitrogens with two attached hydrogens (primary N) is 1. The van der Waals surface area contributed by atoms with Crippen LogP contribution in [0.5, 0.6) is 5.75 Å². The zero-order chi connectivity index (χ0) is 12.3. The molecule has 0 bridgehead atoms. The molecule has 1 fully saturated rings. The lowest BCUT2D eigenvalue weighted by Crippen LogP contribution is -2.35. The third-order valence-electron chi connectivity index (χ3n) is 3.67. The number of ether oxygens (including phenoxy) is 1. The number of anilines is 2. The minimum absolute atomic E-state index is 0.810. The van der Waals surface area contributed by atoms with E-state index in [4.69, 9.17) is 10.5 Å². The third kappa shape index (κ3) is 2.65. The molecule has 1 aromatic carbocycles. The Balaban J connectivity index is 2.16. The molecule has 2 N–H and O–H groups in total. The van der Waals surface area contributed by atoms with Crippen LogP contribution in [0.3, 0.4) is 0 Å². The molecule has 0 aromatic heterocycles. The fourth-order valence-corrected chi connectivity index (χ4v) is 2.56. The summed E-state index contributed by atoms with van der Waals surface area (Å²) in [5.74, 6) is 1.64. The maximum atomic E-state index is 6.09. The molecule has 0 amide bonds. The van der Waals surface area contributed by atoms with Gasteiger partial charge in [-0.2, -0.15) is 0 Å². The predicted octanol–water partition coefficient (Wildman–Crippen LogP) is 2.90. The zero-order valence-corrected chi connectivity index (χ0v) is 10.8. The number of benzene rings is 1. The molecule has 1 aliphatic heterocycles. The number of methoxy groups -OCH3 is 1. The van der Waals surface area contributed by atoms with Crippen LogP contribution >= 0.6 is 0 Å². The quantitative estimate of drug-likeness (QED) is 0.817. The van der Waals surface area contributed by atoms with Gasteiger partial charge in [-0.25, -0.2) is 0 Å². The highest BCUT2D eigenvalue weighted by Crippen LogP contribution is 2.31. The summed E-state index contributed by atoms with van der Waals surface area (Å²) in [6.07, 6.45) is 3.87. The van der Waals surface area contributed by atoms with Gasteiger partial charge in [0.05, 0.1) is 18.5 Å². The average molecular weight is 234 g/mol. The molecule has 17 heavy (non-hydrogen) atoms. The predicted molar refractivity (Wildman–Crippen MR) is 72.6 cm³/mol. The lowest BCUT2D eigenvalue weighted by Gasteiger charge is -2.34. The van der Waals surface area contributed by atoms with E-state index in [1.165, 1.54) is 19.3 Å². The number of nitrogens with zero attached hydrogens (tertiary/aromatic N) is 1. The van der Waals surface area contributed by atoms with Crippen LogP contribution in [0.1, 0.15) is 26.2 Å². The Hall–Kier alpha value is -1.38. The number of hydrogen-bond acceptors (Lipinski definition) is 3. The first-order valence-corrected chi connectivity index (χ1v) is 6.43. The van der Waals surface area contributed by atoms with Crippen LogP contribution in [0.4, 0.5) is 11.4 Å². The van der Waals surface area contributed by atoms with Crippen molar-refractivity contribution >= 4 is 11.4 Å². The Morgan fingerprint density at radius 2 is 2.29 bits per heavy atom. The standard InChI is InChI=1S/C14H22N2O/c1-3-11-5-4-8-16(10-11)14-7-6-12(17-2)9-13(14)15/h6-7,9,11H,3-5,8,10,15H2,1-2H3. The van der Waals surface area contributed by atoms with Crippen molar-refractivity contribution in [1.82, 2.24) is 0 Å². The maximum absolute atomic E-state index is 6.09. The summed E-state index contributed by atoms with van der Waals surface area (Å²) < 4.78 is 5.18. The van der Waals surface area contributed by atoms with Gasteiger partial charge in [0.25, 0.3) is 0 Å². The normalized spacial score (nSPS) is 20.4. The van der Waals surface area contributed by atoms with Gasteiger partial charge in [0.1, 0.15) is 5.75 Å². The topological polar surface area (TPSA) is 38.5 Å². The fourth-order valence-electron chi connectivity index (χ4n) is 2.56. The van der Waals surface area contributed by atoms with E-state index < -0.39 is 0 Å². The molecule has 94 valence electrons. The molecule has 1 unspecified atom stereocenters. The molecule has 1 atom stereocenters. The highest BCUT2D eigenvalue weighted by molar-refractivity contribution is 5.69. The van der Waals surface area contributed by atoms with E-state index in [9.17, 15) is 0 Å². The molecular weight excluding hydrogens is 212 g/mol. The Morgan fingerprint density at radius 3 is 2.94 bits per heavy atom. The van der Waals surface area contributed by atoms with Crippen LogP contribution in [0.15, 0.2) is 18.2 Å². The highest BCUT2D eigenvalue weighted by atomic mass is 16.5. The van der Waals surface area contributed by atoms with Gasteiger partial charge in [0.15, 0.2) is 0 Å². The zero-order valence-electron chi connectivity index (χ0n) is 10.8. The molecular formula is C14H22N2O. The van der Waals surface area contributed by atoms with E-state index in [1.54, 1.807) is 7.11 Å². The van der Waals surface area contributed by atoms with Crippen molar-refractivity contribution in [3.63, 3.8) is 0 Å². The summed E-state index contributed by atoms with van der Waals surface area (Å²) in [4.78, 5) is 2.41. The van der Waals surface area contributed by atoms with Gasteiger partial charge < -0.3 is 15.4 Å². The van der Waals surface area contributed by atoms with E-state index >= 15 is 0 Å². The monoisotopic (exact) mass is 234 g/mol. The highest BCUT2D eigenvalue weighted by Gasteiger charge is 2.20. The molecule has 1 aliphatic rings. The van der Waals surface area contributed by atoms with E-state index in [1.807, 2.05) is 12.1 Å². The first-order valence-electron chi connectivity index (χ1n) is 6.43. The van der Waals surface area contributed by atoms with Gasteiger partial charge in [0.2, 0.25) is 0 Å². The first-order chi connectivity index (χ1) is 8.24.